The van der Waals surface area contributed by atoms with Crippen molar-refractivity contribution in [2.45, 2.75) is 72.8 Å². The highest BCUT2D eigenvalue weighted by molar-refractivity contribution is 9.10. The first-order valence-corrected chi connectivity index (χ1v) is 12.3. The molecule has 3 atom stereocenters. The maximum Gasteiger partial charge on any atom is 0.341 e. The van der Waals surface area contributed by atoms with Crippen molar-refractivity contribution in [2.24, 2.45) is 0 Å². The summed E-state index contributed by atoms with van der Waals surface area (Å²) in [6.45, 7) is 7.77. The third-order valence-electron chi connectivity index (χ3n) is 3.70. The Labute approximate surface area is 168 Å². The molecular weight excluding hydrogens is 491 g/mol. The number of alkyl halides is 4. The minimum atomic E-state index is -2.74. The highest BCUT2D eigenvalue weighted by Crippen LogP contribution is 2.47. The van der Waals surface area contributed by atoms with E-state index in [9.17, 15) is 0 Å². The zero-order valence-electron chi connectivity index (χ0n) is 14.7. The van der Waals surface area contributed by atoms with Crippen LogP contribution in [-0.2, 0) is 18.3 Å². The van der Waals surface area contributed by atoms with Crippen molar-refractivity contribution < 1.29 is 18.3 Å². The van der Waals surface area contributed by atoms with E-state index in [1.807, 2.05) is 13.8 Å². The summed E-state index contributed by atoms with van der Waals surface area (Å²) in [6.07, 6.45) is 2.47. The number of ether oxygens (including phenoxy) is 2. The van der Waals surface area contributed by atoms with Crippen LogP contribution in [-0.4, -0.2) is 36.5 Å². The number of hydrogen-bond donors (Lipinski definition) is 0. The molecule has 140 valence electrons. The van der Waals surface area contributed by atoms with Crippen molar-refractivity contribution in [1.82, 2.24) is 0 Å². The molecule has 0 bridgehead atoms. The SMILES string of the molecule is CCCC[Si](CC)(OC(C)(Cl)Br)OC(Cl)(Br)C(CC)(OC)OC. The molecule has 0 spiro atoms. The van der Waals surface area contributed by atoms with Gasteiger partial charge in [-0.3, -0.25) is 0 Å². The number of rotatable bonds is 12. The van der Waals surface area contributed by atoms with Gasteiger partial charge in [-0.1, -0.05) is 56.8 Å². The molecule has 0 N–H and O–H groups in total. The summed E-state index contributed by atoms with van der Waals surface area (Å²) in [5.74, 6) is -1.15. The first-order chi connectivity index (χ1) is 10.5. The molecule has 0 aliphatic heterocycles. The van der Waals surface area contributed by atoms with Crippen LogP contribution in [0.2, 0.25) is 12.1 Å². The lowest BCUT2D eigenvalue weighted by atomic mass is 10.2. The van der Waals surface area contributed by atoms with Gasteiger partial charge in [0.1, 0.15) is 0 Å². The summed E-state index contributed by atoms with van der Waals surface area (Å²) in [5, 5.41) is 0. The molecule has 0 aliphatic carbocycles. The van der Waals surface area contributed by atoms with Crippen molar-refractivity contribution in [3.8, 4) is 0 Å². The largest absolute Gasteiger partial charge is 0.366 e. The van der Waals surface area contributed by atoms with E-state index in [4.69, 9.17) is 41.5 Å². The third kappa shape index (κ3) is 7.02. The lowest BCUT2D eigenvalue weighted by Crippen LogP contribution is -2.58. The van der Waals surface area contributed by atoms with Crippen molar-refractivity contribution in [3.05, 3.63) is 0 Å². The molecule has 0 amide bonds. The fraction of sp³-hybridized carbons (Fsp3) is 1.00. The van der Waals surface area contributed by atoms with Crippen LogP contribution in [0.1, 0.15) is 47.0 Å². The molecule has 23 heavy (non-hydrogen) atoms. The molecular formula is C14H28Br2Cl2O4Si. The zero-order valence-corrected chi connectivity index (χ0v) is 20.4. The van der Waals surface area contributed by atoms with E-state index in [2.05, 4.69) is 38.8 Å². The van der Waals surface area contributed by atoms with Crippen LogP contribution in [0.4, 0.5) is 0 Å². The van der Waals surface area contributed by atoms with Gasteiger partial charge in [-0.05, 0) is 50.9 Å². The van der Waals surface area contributed by atoms with Crippen molar-refractivity contribution >= 4 is 63.6 Å². The zero-order chi connectivity index (χ0) is 18.4. The van der Waals surface area contributed by atoms with E-state index in [0.29, 0.717) is 12.5 Å². The van der Waals surface area contributed by atoms with E-state index in [0.717, 1.165) is 18.9 Å². The van der Waals surface area contributed by atoms with Gasteiger partial charge in [0.25, 0.3) is 0 Å². The standard InChI is InChI=1S/C14H28Br2Cl2O4Si/c1-7-10-11-23(9-3,21-12(4,15)17)22-14(16,18)13(8-2,19-5)20-6/h7-11H2,1-6H3. The molecule has 0 heterocycles. The quantitative estimate of drug-likeness (QED) is 0.173. The van der Waals surface area contributed by atoms with Gasteiger partial charge in [0.15, 0.2) is 3.97 Å². The highest BCUT2D eigenvalue weighted by Gasteiger charge is 2.56. The Bertz CT molecular complexity index is 344. The minimum absolute atomic E-state index is 0.489. The average molecular weight is 519 g/mol. The number of methoxy groups -OCH3 is 2. The summed E-state index contributed by atoms with van der Waals surface area (Å²) in [7, 11) is 0.332. The molecule has 0 aliphatic rings. The van der Waals surface area contributed by atoms with Crippen LogP contribution >= 0.6 is 55.1 Å². The monoisotopic (exact) mass is 516 g/mol. The molecule has 9 heteroatoms. The van der Waals surface area contributed by atoms with Crippen LogP contribution in [0.25, 0.3) is 0 Å². The molecule has 0 aromatic carbocycles. The lowest BCUT2D eigenvalue weighted by molar-refractivity contribution is -0.247. The Morgan fingerprint density at radius 1 is 1.00 bits per heavy atom. The van der Waals surface area contributed by atoms with E-state index in [-0.39, 0.29) is 0 Å². The molecule has 0 rings (SSSR count). The molecule has 0 aromatic rings. The van der Waals surface area contributed by atoms with Gasteiger partial charge in [-0.15, -0.1) is 0 Å². The topological polar surface area (TPSA) is 36.9 Å². The smallest absolute Gasteiger partial charge is 0.341 e. The molecule has 0 fully saturated rings. The van der Waals surface area contributed by atoms with Gasteiger partial charge in [-0.2, -0.15) is 0 Å². The van der Waals surface area contributed by atoms with E-state index in [1.165, 1.54) is 14.2 Å². The predicted octanol–water partition coefficient (Wildman–Crippen LogP) is 6.28. The number of unbranched alkanes of at least 4 members (excludes halogenated alkanes) is 1. The second-order valence-corrected chi connectivity index (χ2v) is 13.6. The Balaban J connectivity index is 5.64. The van der Waals surface area contributed by atoms with Gasteiger partial charge in [0.05, 0.1) is 0 Å². The van der Waals surface area contributed by atoms with Gasteiger partial charge in [0.2, 0.25) is 9.76 Å². The average Bonchev–Trinajstić information content (AvgIpc) is 2.45. The maximum atomic E-state index is 6.67. The normalized spacial score (nSPS) is 20.6. The van der Waals surface area contributed by atoms with Gasteiger partial charge in [0, 0.05) is 20.6 Å². The van der Waals surface area contributed by atoms with Crippen molar-refractivity contribution in [3.63, 3.8) is 0 Å². The molecule has 0 saturated carbocycles. The Morgan fingerprint density at radius 2 is 1.52 bits per heavy atom. The fourth-order valence-electron chi connectivity index (χ4n) is 2.34. The second-order valence-electron chi connectivity index (χ2n) is 5.41. The summed E-state index contributed by atoms with van der Waals surface area (Å²) in [4.78, 5) is 0. The van der Waals surface area contributed by atoms with Crippen molar-refractivity contribution in [1.29, 1.82) is 0 Å². The van der Waals surface area contributed by atoms with Crippen molar-refractivity contribution in [2.75, 3.05) is 14.2 Å². The third-order valence-corrected chi connectivity index (χ3v) is 9.58. The van der Waals surface area contributed by atoms with Crippen LogP contribution in [0.5, 0.6) is 0 Å². The minimum Gasteiger partial charge on any atom is -0.366 e. The van der Waals surface area contributed by atoms with Gasteiger partial charge in [-0.25, -0.2) is 0 Å². The van der Waals surface area contributed by atoms with Gasteiger partial charge < -0.3 is 18.3 Å². The van der Waals surface area contributed by atoms with Crippen LogP contribution in [0.3, 0.4) is 0 Å². The maximum absolute atomic E-state index is 6.67. The summed E-state index contributed by atoms with van der Waals surface area (Å²) >= 11 is 19.7. The van der Waals surface area contributed by atoms with Crippen LogP contribution < -0.4 is 0 Å². The second kappa shape index (κ2) is 10.1. The highest BCUT2D eigenvalue weighted by atomic mass is 79.9. The Kier molecular flexibility index (Phi) is 10.8. The molecule has 0 radical (unpaired) electrons. The van der Waals surface area contributed by atoms with Crippen LogP contribution in [0, 0.1) is 0 Å². The Morgan fingerprint density at radius 3 is 1.83 bits per heavy atom. The van der Waals surface area contributed by atoms with Gasteiger partial charge >= 0.3 is 8.56 Å². The molecule has 0 aromatic heterocycles. The van der Waals surface area contributed by atoms with Crippen LogP contribution in [0.15, 0.2) is 0 Å². The first kappa shape index (κ1) is 24.6. The number of hydrogen-bond acceptors (Lipinski definition) is 4. The first-order valence-electron chi connectivity index (χ1n) is 7.73. The molecule has 3 unspecified atom stereocenters. The van der Waals surface area contributed by atoms with E-state index < -0.39 is 22.3 Å². The summed E-state index contributed by atoms with van der Waals surface area (Å²) < 4.78 is 21.1. The molecule has 4 nitrogen and oxygen atoms in total. The summed E-state index contributed by atoms with van der Waals surface area (Å²) in [6, 6.07) is 1.45. The molecule has 0 saturated heterocycles. The Hall–Kier alpha value is 1.60. The van der Waals surface area contributed by atoms with E-state index in [1.54, 1.807) is 6.92 Å². The lowest BCUT2D eigenvalue weighted by Gasteiger charge is -2.45. The van der Waals surface area contributed by atoms with E-state index >= 15 is 0 Å². The summed E-state index contributed by atoms with van der Waals surface area (Å²) in [5.41, 5.74) is 0. The number of halogens is 4. The fourth-order valence-corrected chi connectivity index (χ4v) is 8.91. The predicted molar refractivity (Wildman–Crippen MR) is 106 cm³/mol.